The topological polar surface area (TPSA) is 18.5 Å². The lowest BCUT2D eigenvalue weighted by Gasteiger charge is -2.20. The minimum atomic E-state index is 0.561. The molecule has 0 amide bonds. The molecule has 3 rings (SSSR count). The Morgan fingerprint density at radius 2 is 1.60 bits per heavy atom. The zero-order chi connectivity index (χ0) is 17.3. The standard InChI is InChI=1S/C22H21BrO2/c23-22-20(14-19-10-5-2-6-11-19)15-25-17-21(22)16-24-13-7-12-18-8-3-1-4-9-18/h1-12,14H,13,15-17H2/b12-7+,20-14-. The van der Waals surface area contributed by atoms with Gasteiger partial charge in [0.25, 0.3) is 0 Å². The van der Waals surface area contributed by atoms with E-state index in [1.807, 2.05) is 42.5 Å². The minimum absolute atomic E-state index is 0.561. The summed E-state index contributed by atoms with van der Waals surface area (Å²) in [7, 11) is 0. The number of benzene rings is 2. The average molecular weight is 397 g/mol. The SMILES string of the molecule is BrC1=C(COC/C=C/c2ccccc2)COC/C1=C/c1ccccc1. The normalized spacial score (nSPS) is 16.8. The van der Waals surface area contributed by atoms with E-state index < -0.39 is 0 Å². The first-order valence-corrected chi connectivity index (χ1v) is 9.13. The molecule has 2 aromatic rings. The fourth-order valence-corrected chi connectivity index (χ4v) is 3.05. The lowest BCUT2D eigenvalue weighted by Crippen LogP contribution is -2.15. The highest BCUT2D eigenvalue weighted by Crippen LogP contribution is 2.28. The van der Waals surface area contributed by atoms with Gasteiger partial charge in [-0.25, -0.2) is 0 Å². The highest BCUT2D eigenvalue weighted by atomic mass is 79.9. The Morgan fingerprint density at radius 3 is 2.32 bits per heavy atom. The minimum Gasteiger partial charge on any atom is -0.373 e. The average Bonchev–Trinajstić information content (AvgIpc) is 2.66. The third kappa shape index (κ3) is 5.53. The van der Waals surface area contributed by atoms with Crippen molar-refractivity contribution in [1.29, 1.82) is 0 Å². The molecule has 1 aliphatic heterocycles. The van der Waals surface area contributed by atoms with Crippen molar-refractivity contribution in [3.63, 3.8) is 0 Å². The third-order valence-corrected chi connectivity index (χ3v) is 4.94. The van der Waals surface area contributed by atoms with Crippen LogP contribution in [-0.2, 0) is 9.47 Å². The van der Waals surface area contributed by atoms with E-state index in [9.17, 15) is 0 Å². The Bertz CT molecular complexity index is 761. The quantitative estimate of drug-likeness (QED) is 0.601. The molecule has 0 fully saturated rings. The molecule has 3 heteroatoms. The van der Waals surface area contributed by atoms with E-state index in [4.69, 9.17) is 9.47 Å². The van der Waals surface area contributed by atoms with Crippen LogP contribution in [0.3, 0.4) is 0 Å². The van der Waals surface area contributed by atoms with Crippen LogP contribution < -0.4 is 0 Å². The molecular weight excluding hydrogens is 376 g/mol. The molecule has 0 aromatic heterocycles. The van der Waals surface area contributed by atoms with E-state index in [-0.39, 0.29) is 0 Å². The molecule has 0 atom stereocenters. The second-order valence-electron chi connectivity index (χ2n) is 5.82. The van der Waals surface area contributed by atoms with Crippen LogP contribution in [0.2, 0.25) is 0 Å². The molecule has 1 heterocycles. The second kappa shape index (κ2) is 9.52. The first kappa shape index (κ1) is 17.9. The number of halogens is 1. The molecule has 0 spiro atoms. The summed E-state index contributed by atoms with van der Waals surface area (Å²) in [4.78, 5) is 0. The van der Waals surface area contributed by atoms with Crippen LogP contribution in [0.1, 0.15) is 11.1 Å². The van der Waals surface area contributed by atoms with Gasteiger partial charge in [-0.2, -0.15) is 0 Å². The Hall–Kier alpha value is -1.94. The Morgan fingerprint density at radius 1 is 0.920 bits per heavy atom. The molecule has 2 nitrogen and oxygen atoms in total. The summed E-state index contributed by atoms with van der Waals surface area (Å²) < 4.78 is 12.6. The van der Waals surface area contributed by atoms with E-state index in [2.05, 4.69) is 52.3 Å². The highest BCUT2D eigenvalue weighted by Gasteiger charge is 2.15. The first-order chi connectivity index (χ1) is 12.3. The van der Waals surface area contributed by atoms with Crippen LogP contribution in [0.5, 0.6) is 0 Å². The van der Waals surface area contributed by atoms with Crippen LogP contribution in [0.15, 0.2) is 82.4 Å². The molecule has 0 aliphatic carbocycles. The van der Waals surface area contributed by atoms with Crippen molar-refractivity contribution >= 4 is 28.1 Å². The molecule has 0 saturated carbocycles. The van der Waals surface area contributed by atoms with Gasteiger partial charge in [0.2, 0.25) is 0 Å². The summed E-state index contributed by atoms with van der Waals surface area (Å²) in [6.45, 7) is 2.37. The molecule has 0 unspecified atom stereocenters. The molecule has 25 heavy (non-hydrogen) atoms. The zero-order valence-electron chi connectivity index (χ0n) is 14.0. The van der Waals surface area contributed by atoms with E-state index in [1.54, 1.807) is 0 Å². The molecular formula is C22H21BrO2. The van der Waals surface area contributed by atoms with Gasteiger partial charge in [-0.1, -0.05) is 88.7 Å². The van der Waals surface area contributed by atoms with Gasteiger partial charge in [0.1, 0.15) is 0 Å². The van der Waals surface area contributed by atoms with Crippen LogP contribution in [0.4, 0.5) is 0 Å². The smallest absolute Gasteiger partial charge is 0.0732 e. The summed E-state index contributed by atoms with van der Waals surface area (Å²) in [5, 5.41) is 0. The molecule has 2 aromatic carbocycles. The summed E-state index contributed by atoms with van der Waals surface area (Å²) >= 11 is 3.72. The molecule has 0 N–H and O–H groups in total. The first-order valence-electron chi connectivity index (χ1n) is 8.33. The maximum atomic E-state index is 5.78. The van der Waals surface area contributed by atoms with Crippen LogP contribution in [0, 0.1) is 0 Å². The molecule has 1 aliphatic rings. The fourth-order valence-electron chi connectivity index (χ4n) is 2.60. The highest BCUT2D eigenvalue weighted by molar-refractivity contribution is 9.12. The van der Waals surface area contributed by atoms with Crippen molar-refractivity contribution in [2.75, 3.05) is 26.4 Å². The van der Waals surface area contributed by atoms with Crippen molar-refractivity contribution < 1.29 is 9.47 Å². The maximum Gasteiger partial charge on any atom is 0.0732 e. The Kier molecular flexibility index (Phi) is 6.80. The largest absolute Gasteiger partial charge is 0.373 e. The van der Waals surface area contributed by atoms with Gasteiger partial charge in [-0.15, -0.1) is 0 Å². The Labute approximate surface area is 157 Å². The van der Waals surface area contributed by atoms with Crippen molar-refractivity contribution in [3.8, 4) is 0 Å². The maximum absolute atomic E-state index is 5.78. The van der Waals surface area contributed by atoms with Gasteiger partial charge in [0, 0.05) is 4.48 Å². The summed E-state index contributed by atoms with van der Waals surface area (Å²) in [6.07, 6.45) is 6.26. The predicted molar refractivity (Wildman–Crippen MR) is 107 cm³/mol. The molecule has 0 bridgehead atoms. The van der Waals surface area contributed by atoms with Crippen LogP contribution in [-0.4, -0.2) is 26.4 Å². The monoisotopic (exact) mass is 396 g/mol. The van der Waals surface area contributed by atoms with Crippen LogP contribution >= 0.6 is 15.9 Å². The predicted octanol–water partition coefficient (Wildman–Crippen LogP) is 5.48. The van der Waals surface area contributed by atoms with Gasteiger partial charge < -0.3 is 9.47 Å². The molecule has 128 valence electrons. The van der Waals surface area contributed by atoms with Crippen molar-refractivity contribution in [3.05, 3.63) is 93.5 Å². The van der Waals surface area contributed by atoms with E-state index >= 15 is 0 Å². The summed E-state index contributed by atoms with van der Waals surface area (Å²) in [6, 6.07) is 20.5. The van der Waals surface area contributed by atoms with Gasteiger partial charge in [0.05, 0.1) is 26.4 Å². The summed E-state index contributed by atoms with van der Waals surface area (Å²) in [5.74, 6) is 0. The van der Waals surface area contributed by atoms with Crippen molar-refractivity contribution in [2.24, 2.45) is 0 Å². The van der Waals surface area contributed by atoms with Crippen molar-refractivity contribution in [2.45, 2.75) is 0 Å². The third-order valence-electron chi connectivity index (χ3n) is 3.87. The number of hydrogen-bond donors (Lipinski definition) is 0. The Balaban J connectivity index is 1.57. The van der Waals surface area contributed by atoms with Gasteiger partial charge in [-0.3, -0.25) is 0 Å². The fraction of sp³-hybridized carbons (Fsp3) is 0.182. The lowest BCUT2D eigenvalue weighted by atomic mass is 10.1. The van der Waals surface area contributed by atoms with Gasteiger partial charge in [-0.05, 0) is 28.3 Å². The second-order valence-corrected chi connectivity index (χ2v) is 6.61. The van der Waals surface area contributed by atoms with E-state index in [0.717, 1.165) is 15.6 Å². The number of hydrogen-bond acceptors (Lipinski definition) is 2. The molecule has 0 saturated heterocycles. The van der Waals surface area contributed by atoms with E-state index in [0.29, 0.717) is 26.4 Å². The lowest BCUT2D eigenvalue weighted by molar-refractivity contribution is 0.137. The molecule has 0 radical (unpaired) electrons. The van der Waals surface area contributed by atoms with E-state index in [1.165, 1.54) is 11.1 Å². The van der Waals surface area contributed by atoms with Gasteiger partial charge in [0.15, 0.2) is 0 Å². The van der Waals surface area contributed by atoms with Gasteiger partial charge >= 0.3 is 0 Å². The zero-order valence-corrected chi connectivity index (χ0v) is 15.6. The van der Waals surface area contributed by atoms with Crippen molar-refractivity contribution in [1.82, 2.24) is 0 Å². The van der Waals surface area contributed by atoms with Crippen LogP contribution in [0.25, 0.3) is 12.2 Å². The number of ether oxygens (including phenoxy) is 2. The number of rotatable bonds is 6. The summed E-state index contributed by atoms with van der Waals surface area (Å²) in [5.41, 5.74) is 4.64.